The maximum atomic E-state index is 10.0. The quantitative estimate of drug-likeness (QED) is 0.0746. The van der Waals surface area contributed by atoms with Gasteiger partial charge < -0.3 is 30.1 Å². The minimum Gasteiger partial charge on any atom is -0.512 e. The Bertz CT molecular complexity index is 4360. The van der Waals surface area contributed by atoms with E-state index in [0.29, 0.717) is 11.1 Å². The fourth-order valence-electron chi connectivity index (χ4n) is 10.9. The first-order valence-electron chi connectivity index (χ1n) is 33.4. The summed E-state index contributed by atoms with van der Waals surface area (Å²) in [6.07, 6.45) is 14.6. The standard InChI is InChI=1S/C22H22N.2C20H20N.C16H18N.C7H7NO.C5H8O2.3Ir/c1-22(2,3)16-17-12-13-23-21(14-17)20-11-7-10-19(15-20)18-8-5-4-6-9-18;2*1-20(2,3)14-15-9-10-16-11-12-21-19(18(16)13-15)17-7-5-4-6-8-17;1-16(2,3)12-13-9-10-17-15(11-13)14-7-5-4-6-8-14;1-6(9)7-4-2-3-5-8-7;1-4(6)3-5(2)7;;;/h4-10,12-15H,16H2,1-3H3;2*4-7,9-13H,14H2,1-3H3;4-7,9-11H,12H2,1-3H3;2-5,9H,1H2;3,6H,1-2H3;;;/q4*-1;;;;;. The van der Waals surface area contributed by atoms with Crippen molar-refractivity contribution in [3.63, 3.8) is 0 Å². The van der Waals surface area contributed by atoms with Crippen LogP contribution in [0.3, 0.4) is 0 Å². The molecule has 0 aliphatic heterocycles. The molecule has 101 heavy (non-hydrogen) atoms. The van der Waals surface area contributed by atoms with Crippen LogP contribution in [0, 0.1) is 45.9 Å². The molecule has 0 unspecified atom stereocenters. The number of rotatable bonds is 11. The van der Waals surface area contributed by atoms with Gasteiger partial charge in [-0.25, -0.2) is 0 Å². The van der Waals surface area contributed by atoms with Crippen LogP contribution in [0.4, 0.5) is 0 Å². The van der Waals surface area contributed by atoms with Crippen molar-refractivity contribution in [1.82, 2.24) is 24.9 Å². The second-order valence-electron chi connectivity index (χ2n) is 29.2. The molecule has 529 valence electrons. The summed E-state index contributed by atoms with van der Waals surface area (Å²) >= 11 is 0. The van der Waals surface area contributed by atoms with Crippen LogP contribution in [0.15, 0.2) is 262 Å². The number of carbonyl (C=O) groups excluding carboxylic acids is 1. The second-order valence-corrected chi connectivity index (χ2v) is 29.2. The summed E-state index contributed by atoms with van der Waals surface area (Å²) in [5.41, 5.74) is 17.7. The molecule has 7 aromatic carbocycles. The SMILES string of the molecule is C=C(O)c1ccccn1.CC(=O)C=C(C)O.CC(C)(C)Cc1ccc2ccnc(-c3[c-]cccc3)c2c1.CC(C)(C)Cc1ccc2ccnc(-c3[c-]cccc3)c2c1.CC(C)(C)Cc1ccnc(-c2[c-]ccc(-c3ccccc3)c2)c1.CC(C)(C)Cc1ccnc(-c2[c-]cccc2)c1.[Ir].[Ir].[Ir]. The van der Waals surface area contributed by atoms with E-state index >= 15 is 0 Å². The third kappa shape index (κ3) is 30.3. The molecule has 5 aromatic heterocycles. The van der Waals surface area contributed by atoms with Crippen molar-refractivity contribution in [3.8, 4) is 56.2 Å². The van der Waals surface area contributed by atoms with Gasteiger partial charge in [-0.1, -0.05) is 186 Å². The average Bonchev–Trinajstić information content (AvgIpc) is 0.788. The fourth-order valence-corrected chi connectivity index (χ4v) is 10.9. The summed E-state index contributed by atoms with van der Waals surface area (Å²) in [6, 6.07) is 85.2. The number of allylic oxidation sites excluding steroid dienone is 2. The van der Waals surface area contributed by atoms with E-state index in [4.69, 9.17) is 10.2 Å². The number of carbonyl (C=O) groups is 1. The minimum atomic E-state index is -0.125. The molecule has 11 heteroatoms. The van der Waals surface area contributed by atoms with E-state index in [1.807, 2.05) is 97.6 Å². The molecule has 12 rings (SSSR count). The van der Waals surface area contributed by atoms with Gasteiger partial charge in [-0.2, -0.15) is 0 Å². The van der Waals surface area contributed by atoms with Crippen LogP contribution < -0.4 is 0 Å². The molecule has 0 saturated heterocycles. The topological polar surface area (TPSA) is 122 Å². The van der Waals surface area contributed by atoms with Crippen LogP contribution in [0.25, 0.3) is 83.5 Å². The Hall–Kier alpha value is -8.49. The van der Waals surface area contributed by atoms with Gasteiger partial charge in [0.15, 0.2) is 5.78 Å². The molecule has 0 saturated carbocycles. The summed E-state index contributed by atoms with van der Waals surface area (Å²) in [6.45, 7) is 33.3. The van der Waals surface area contributed by atoms with Gasteiger partial charge in [0.25, 0.3) is 0 Å². The Labute approximate surface area is 642 Å². The van der Waals surface area contributed by atoms with E-state index in [9.17, 15) is 4.79 Å². The smallest absolute Gasteiger partial charge is 0.155 e. The summed E-state index contributed by atoms with van der Waals surface area (Å²) in [4.78, 5) is 32.0. The van der Waals surface area contributed by atoms with Crippen molar-refractivity contribution in [2.45, 2.75) is 123 Å². The van der Waals surface area contributed by atoms with E-state index in [1.54, 1.807) is 24.4 Å². The zero-order valence-corrected chi connectivity index (χ0v) is 67.9. The van der Waals surface area contributed by atoms with E-state index in [-0.39, 0.29) is 93.9 Å². The fraction of sp³-hybridized carbons (Fsp3) is 0.244. The van der Waals surface area contributed by atoms with Gasteiger partial charge in [0.1, 0.15) is 11.5 Å². The Morgan fingerprint density at radius 1 is 0.386 bits per heavy atom. The molecule has 0 atom stereocenters. The molecular weight excluding hydrogens is 1780 g/mol. The van der Waals surface area contributed by atoms with Crippen molar-refractivity contribution in [2.75, 3.05) is 0 Å². The largest absolute Gasteiger partial charge is 0.512 e. The maximum Gasteiger partial charge on any atom is 0.155 e. The second kappa shape index (κ2) is 40.8. The normalized spacial score (nSPS) is 11.0. The first kappa shape index (κ1) is 84.9. The molecule has 0 aliphatic rings. The number of hydrogen-bond donors (Lipinski definition) is 2. The number of pyridine rings is 5. The van der Waals surface area contributed by atoms with Crippen LogP contribution in [0.5, 0.6) is 0 Å². The summed E-state index contributed by atoms with van der Waals surface area (Å²) < 4.78 is 0. The molecule has 5 heterocycles. The van der Waals surface area contributed by atoms with Crippen LogP contribution >= 0.6 is 0 Å². The third-order valence-electron chi connectivity index (χ3n) is 14.7. The number of aliphatic hydroxyl groups excluding tert-OH is 2. The summed E-state index contributed by atoms with van der Waals surface area (Å²) in [5, 5.41) is 22.0. The zero-order valence-electron chi connectivity index (χ0n) is 60.7. The molecular formula is C90H95Ir3N5O3-4. The average molecular weight is 1870 g/mol. The van der Waals surface area contributed by atoms with Crippen molar-refractivity contribution in [3.05, 3.63) is 314 Å². The van der Waals surface area contributed by atoms with Gasteiger partial charge in [-0.15, -0.1) is 143 Å². The van der Waals surface area contributed by atoms with Crippen molar-refractivity contribution in [1.29, 1.82) is 0 Å². The molecule has 0 amide bonds. The Balaban J connectivity index is 0.000000264. The van der Waals surface area contributed by atoms with Crippen molar-refractivity contribution < 1.29 is 75.3 Å². The van der Waals surface area contributed by atoms with Crippen molar-refractivity contribution >= 4 is 33.1 Å². The predicted molar refractivity (Wildman–Crippen MR) is 410 cm³/mol. The molecule has 0 aliphatic carbocycles. The number of aromatic nitrogens is 5. The van der Waals surface area contributed by atoms with E-state index < -0.39 is 0 Å². The molecule has 3 radical (unpaired) electrons. The molecule has 8 nitrogen and oxygen atoms in total. The monoisotopic (exact) mass is 1870 g/mol. The number of nitrogens with zero attached hydrogens (tertiary/aromatic N) is 5. The van der Waals surface area contributed by atoms with Gasteiger partial charge >= 0.3 is 0 Å². The summed E-state index contributed by atoms with van der Waals surface area (Å²) in [5.74, 6) is -0.0527. The van der Waals surface area contributed by atoms with E-state index in [1.165, 1.54) is 74.8 Å². The Morgan fingerprint density at radius 2 is 0.782 bits per heavy atom. The first-order chi connectivity index (χ1) is 46.5. The molecule has 0 bridgehead atoms. The van der Waals surface area contributed by atoms with Crippen LogP contribution in [0.1, 0.15) is 125 Å². The van der Waals surface area contributed by atoms with Gasteiger partial charge in [0.2, 0.25) is 0 Å². The predicted octanol–water partition coefficient (Wildman–Crippen LogP) is 23.2. The van der Waals surface area contributed by atoms with E-state index in [2.05, 4.69) is 260 Å². The third-order valence-corrected chi connectivity index (χ3v) is 14.7. The molecule has 2 N–H and O–H groups in total. The number of ketones is 1. The van der Waals surface area contributed by atoms with Gasteiger partial charge in [-0.3, -0.25) is 9.78 Å². The van der Waals surface area contributed by atoms with Gasteiger partial charge in [0, 0.05) is 97.4 Å². The van der Waals surface area contributed by atoms with Gasteiger partial charge in [0.05, 0.1) is 5.76 Å². The van der Waals surface area contributed by atoms with E-state index in [0.717, 1.165) is 70.7 Å². The van der Waals surface area contributed by atoms with Crippen LogP contribution in [-0.2, 0) is 90.8 Å². The zero-order chi connectivity index (χ0) is 70.9. The van der Waals surface area contributed by atoms with Crippen LogP contribution in [0.2, 0.25) is 0 Å². The number of benzene rings is 7. The minimum absolute atomic E-state index is 0. The number of aliphatic hydroxyl groups is 2. The Kier molecular flexibility index (Phi) is 34.3. The Morgan fingerprint density at radius 3 is 1.15 bits per heavy atom. The van der Waals surface area contributed by atoms with Crippen LogP contribution in [-0.4, -0.2) is 40.9 Å². The van der Waals surface area contributed by atoms with Crippen molar-refractivity contribution in [2.24, 2.45) is 21.7 Å². The maximum absolute atomic E-state index is 10.0. The summed E-state index contributed by atoms with van der Waals surface area (Å²) in [7, 11) is 0. The first-order valence-corrected chi connectivity index (χ1v) is 33.4. The molecule has 12 aromatic rings. The van der Waals surface area contributed by atoms with Gasteiger partial charge in [-0.05, 0) is 159 Å². The molecule has 0 fully saturated rings. The molecule has 0 spiro atoms. The number of fused-ring (bicyclic) bond motifs is 2. The number of hydrogen-bond acceptors (Lipinski definition) is 8.